The molecule has 4 rings (SSSR count). The molecule has 3 heterocycles. The maximum absolute atomic E-state index is 5.75. The Kier molecular flexibility index (Phi) is 2.44. The number of pyridine rings is 1. The van der Waals surface area contributed by atoms with Crippen molar-refractivity contribution in [3.05, 3.63) is 52.4 Å². The van der Waals surface area contributed by atoms with E-state index >= 15 is 0 Å². The van der Waals surface area contributed by atoms with Gasteiger partial charge in [0, 0.05) is 11.8 Å². The van der Waals surface area contributed by atoms with Crippen molar-refractivity contribution in [2.45, 2.75) is 13.0 Å². The number of nitrogens with zero attached hydrogens (tertiary/aromatic N) is 2. The number of fused-ring (bicyclic) bond motifs is 2. The number of rotatable bonds is 1. The zero-order valence-electron chi connectivity index (χ0n) is 11.0. The lowest BCUT2D eigenvalue weighted by atomic mass is 10.1. The summed E-state index contributed by atoms with van der Waals surface area (Å²) in [4.78, 5) is 7.76. The molecule has 1 aliphatic rings. The summed E-state index contributed by atoms with van der Waals surface area (Å²) in [6.45, 7) is 2.62. The number of benzene rings is 1. The van der Waals surface area contributed by atoms with Crippen molar-refractivity contribution >= 4 is 23.4 Å². The fourth-order valence-electron chi connectivity index (χ4n) is 2.77. The van der Waals surface area contributed by atoms with Crippen LogP contribution in [-0.2, 0) is 0 Å². The third-order valence-electron chi connectivity index (χ3n) is 3.68. The van der Waals surface area contributed by atoms with Gasteiger partial charge in [0.1, 0.15) is 18.4 Å². The zero-order valence-corrected chi connectivity index (χ0v) is 11.8. The average Bonchev–Trinajstić information content (AvgIpc) is 2.98. The van der Waals surface area contributed by atoms with Crippen LogP contribution in [0.15, 0.2) is 36.5 Å². The van der Waals surface area contributed by atoms with Gasteiger partial charge in [0.25, 0.3) is 0 Å². The maximum Gasteiger partial charge on any atom is 0.179 e. The van der Waals surface area contributed by atoms with Crippen LogP contribution in [0.25, 0.3) is 11.2 Å². The van der Waals surface area contributed by atoms with E-state index in [2.05, 4.69) is 26.7 Å². The van der Waals surface area contributed by atoms with Crippen molar-refractivity contribution < 1.29 is 4.74 Å². The molecule has 0 fully saturated rings. The number of para-hydroxylation sites is 1. The molecular formula is C15H13N3OS. The predicted octanol–water partition coefficient (Wildman–Crippen LogP) is 3.38. The number of aryl methyl sites for hydroxylation is 1. The molecule has 1 atom stereocenters. The van der Waals surface area contributed by atoms with Crippen LogP contribution in [0.4, 0.5) is 0 Å². The molecule has 2 aromatic heterocycles. The van der Waals surface area contributed by atoms with Crippen molar-refractivity contribution in [1.29, 1.82) is 0 Å². The maximum atomic E-state index is 5.75. The molecule has 1 N–H and O–H groups in total. The Morgan fingerprint density at radius 3 is 3.15 bits per heavy atom. The SMILES string of the molecule is Cc1cnc2c(c1)[nH]c(=S)n2C1COc2ccccc21. The summed E-state index contributed by atoms with van der Waals surface area (Å²) in [6, 6.07) is 10.2. The highest BCUT2D eigenvalue weighted by molar-refractivity contribution is 7.71. The molecule has 0 spiro atoms. The highest BCUT2D eigenvalue weighted by atomic mass is 32.1. The second kappa shape index (κ2) is 4.18. The van der Waals surface area contributed by atoms with Gasteiger partial charge >= 0.3 is 0 Å². The van der Waals surface area contributed by atoms with Gasteiger partial charge in [-0.1, -0.05) is 18.2 Å². The Bertz CT molecular complexity index is 865. The smallest absolute Gasteiger partial charge is 0.179 e. The third-order valence-corrected chi connectivity index (χ3v) is 3.98. The van der Waals surface area contributed by atoms with Gasteiger partial charge in [-0.3, -0.25) is 4.57 Å². The first-order chi connectivity index (χ1) is 9.74. The summed E-state index contributed by atoms with van der Waals surface area (Å²) < 4.78 is 8.49. The number of H-pyrrole nitrogens is 1. The Hall–Kier alpha value is -2.14. The molecule has 0 radical (unpaired) electrons. The Morgan fingerprint density at radius 1 is 1.40 bits per heavy atom. The predicted molar refractivity (Wildman–Crippen MR) is 79.7 cm³/mol. The van der Waals surface area contributed by atoms with Crippen LogP contribution < -0.4 is 4.74 Å². The largest absolute Gasteiger partial charge is 0.491 e. The lowest BCUT2D eigenvalue weighted by molar-refractivity contribution is 0.317. The normalized spacial score (nSPS) is 17.1. The number of nitrogens with one attached hydrogen (secondary N) is 1. The molecule has 3 aromatic rings. The fraction of sp³-hybridized carbons (Fsp3) is 0.200. The molecule has 100 valence electrons. The minimum absolute atomic E-state index is 0.0858. The van der Waals surface area contributed by atoms with Gasteiger partial charge in [-0.2, -0.15) is 0 Å². The van der Waals surface area contributed by atoms with Gasteiger partial charge in [0.2, 0.25) is 0 Å². The van der Waals surface area contributed by atoms with Crippen molar-refractivity contribution in [3.8, 4) is 5.75 Å². The van der Waals surface area contributed by atoms with E-state index in [4.69, 9.17) is 17.0 Å². The summed E-state index contributed by atoms with van der Waals surface area (Å²) in [5.41, 5.74) is 4.13. The van der Waals surface area contributed by atoms with E-state index < -0.39 is 0 Å². The second-order valence-electron chi connectivity index (χ2n) is 5.05. The van der Waals surface area contributed by atoms with Crippen LogP contribution in [0.2, 0.25) is 0 Å². The summed E-state index contributed by atoms with van der Waals surface area (Å²) in [6.07, 6.45) is 1.86. The van der Waals surface area contributed by atoms with E-state index in [-0.39, 0.29) is 6.04 Å². The first kappa shape index (κ1) is 11.7. The van der Waals surface area contributed by atoms with Gasteiger partial charge < -0.3 is 9.72 Å². The highest BCUT2D eigenvalue weighted by Crippen LogP contribution is 2.36. The minimum Gasteiger partial charge on any atom is -0.491 e. The molecule has 0 bridgehead atoms. The topological polar surface area (TPSA) is 42.8 Å². The quantitative estimate of drug-likeness (QED) is 0.696. The standard InChI is InChI=1S/C15H13N3OS/c1-9-6-11-14(16-7-9)18(15(20)17-11)12-8-19-13-5-3-2-4-10(12)13/h2-7,12H,8H2,1H3,(H,17,20). The molecule has 1 unspecified atom stereocenters. The Balaban J connectivity index is 1.96. The molecule has 20 heavy (non-hydrogen) atoms. The number of imidazole rings is 1. The van der Waals surface area contributed by atoms with Crippen molar-refractivity contribution in [1.82, 2.24) is 14.5 Å². The van der Waals surface area contributed by atoms with E-state index in [1.54, 1.807) is 0 Å². The van der Waals surface area contributed by atoms with Crippen LogP contribution in [0.5, 0.6) is 5.75 Å². The van der Waals surface area contributed by atoms with Crippen LogP contribution >= 0.6 is 12.2 Å². The Labute approximate surface area is 121 Å². The number of aromatic nitrogens is 3. The lowest BCUT2D eigenvalue weighted by Crippen LogP contribution is -2.12. The van der Waals surface area contributed by atoms with Crippen LogP contribution in [0.3, 0.4) is 0 Å². The summed E-state index contributed by atoms with van der Waals surface area (Å²) in [7, 11) is 0. The molecule has 0 aliphatic carbocycles. The summed E-state index contributed by atoms with van der Waals surface area (Å²) in [5, 5.41) is 0. The van der Waals surface area contributed by atoms with Gasteiger partial charge in [0.05, 0.1) is 5.52 Å². The monoisotopic (exact) mass is 283 g/mol. The van der Waals surface area contributed by atoms with E-state index in [0.29, 0.717) is 11.4 Å². The summed E-state index contributed by atoms with van der Waals surface area (Å²) >= 11 is 5.47. The summed E-state index contributed by atoms with van der Waals surface area (Å²) in [5.74, 6) is 0.931. The van der Waals surface area contributed by atoms with Crippen molar-refractivity contribution in [2.24, 2.45) is 0 Å². The first-order valence-electron chi connectivity index (χ1n) is 6.52. The molecule has 1 aromatic carbocycles. The minimum atomic E-state index is 0.0858. The zero-order chi connectivity index (χ0) is 13.7. The third kappa shape index (κ3) is 1.59. The van der Waals surface area contributed by atoms with Crippen molar-refractivity contribution in [3.63, 3.8) is 0 Å². The van der Waals surface area contributed by atoms with Crippen molar-refractivity contribution in [2.75, 3.05) is 6.61 Å². The van der Waals surface area contributed by atoms with Crippen LogP contribution in [0, 0.1) is 11.7 Å². The first-order valence-corrected chi connectivity index (χ1v) is 6.93. The average molecular weight is 283 g/mol. The molecule has 4 nitrogen and oxygen atoms in total. The number of hydrogen-bond acceptors (Lipinski definition) is 3. The van der Waals surface area contributed by atoms with Gasteiger partial charge in [0.15, 0.2) is 10.4 Å². The van der Waals surface area contributed by atoms with E-state index in [9.17, 15) is 0 Å². The molecule has 0 saturated heterocycles. The Morgan fingerprint density at radius 2 is 2.25 bits per heavy atom. The molecule has 0 saturated carbocycles. The molecular weight excluding hydrogens is 270 g/mol. The number of ether oxygens (including phenoxy) is 1. The van der Waals surface area contributed by atoms with Gasteiger partial charge in [-0.25, -0.2) is 4.98 Å². The van der Waals surface area contributed by atoms with E-state index in [0.717, 1.165) is 28.0 Å². The molecule has 0 amide bonds. The van der Waals surface area contributed by atoms with Gasteiger partial charge in [-0.15, -0.1) is 0 Å². The number of hydrogen-bond donors (Lipinski definition) is 1. The second-order valence-corrected chi connectivity index (χ2v) is 5.44. The van der Waals surface area contributed by atoms with Gasteiger partial charge in [-0.05, 0) is 36.8 Å². The highest BCUT2D eigenvalue weighted by Gasteiger charge is 2.27. The number of aromatic amines is 1. The van der Waals surface area contributed by atoms with Crippen LogP contribution in [0.1, 0.15) is 17.2 Å². The molecule has 1 aliphatic heterocycles. The molecule has 5 heteroatoms. The lowest BCUT2D eigenvalue weighted by Gasteiger charge is -2.11. The van der Waals surface area contributed by atoms with E-state index in [1.807, 2.05) is 31.3 Å². The fourth-order valence-corrected chi connectivity index (χ4v) is 3.09. The van der Waals surface area contributed by atoms with E-state index in [1.165, 1.54) is 0 Å². The van der Waals surface area contributed by atoms with Crippen LogP contribution in [-0.4, -0.2) is 21.1 Å².